The van der Waals surface area contributed by atoms with Gasteiger partial charge in [-0.3, -0.25) is 0 Å². The summed E-state index contributed by atoms with van der Waals surface area (Å²) < 4.78 is 16.6. The maximum absolute atomic E-state index is 8.91. The fourth-order valence-corrected chi connectivity index (χ4v) is 1.89. The minimum Gasteiger partial charge on any atom is -0.394 e. The van der Waals surface area contributed by atoms with Crippen LogP contribution in [0.2, 0.25) is 0 Å². The van der Waals surface area contributed by atoms with Crippen LogP contribution >= 0.6 is 0 Å². The van der Waals surface area contributed by atoms with Gasteiger partial charge in [0, 0.05) is 5.92 Å². The van der Waals surface area contributed by atoms with Gasteiger partial charge in [0.2, 0.25) is 0 Å². The molecule has 2 rings (SSSR count). The minimum atomic E-state index is -0.525. The SMILES string of the molecule is C[C@@H]1COC(C)(C)O[C@H]1[C@@H]1O[C@H]1CO. The highest BCUT2D eigenvalue weighted by molar-refractivity contribution is 4.95. The highest BCUT2D eigenvalue weighted by Gasteiger charge is 2.50. The molecule has 0 spiro atoms. The first-order valence-corrected chi connectivity index (χ1v) is 5.11. The normalized spacial score (nSPS) is 46.3. The molecule has 2 heterocycles. The zero-order valence-corrected chi connectivity index (χ0v) is 8.90. The molecule has 0 unspecified atom stereocenters. The van der Waals surface area contributed by atoms with Crippen molar-refractivity contribution in [2.45, 2.75) is 44.9 Å². The minimum absolute atomic E-state index is 0.0312. The van der Waals surface area contributed by atoms with Gasteiger partial charge in [-0.2, -0.15) is 0 Å². The Kier molecular flexibility index (Phi) is 2.55. The van der Waals surface area contributed by atoms with Crippen LogP contribution in [0.1, 0.15) is 20.8 Å². The van der Waals surface area contributed by atoms with Crippen LogP contribution in [0.4, 0.5) is 0 Å². The Bertz CT molecular complexity index is 216. The van der Waals surface area contributed by atoms with Crippen LogP contribution in [0, 0.1) is 5.92 Å². The van der Waals surface area contributed by atoms with Gasteiger partial charge in [-0.15, -0.1) is 0 Å². The molecule has 0 bridgehead atoms. The molecule has 2 aliphatic heterocycles. The zero-order chi connectivity index (χ0) is 10.3. The zero-order valence-electron chi connectivity index (χ0n) is 8.90. The molecule has 0 aliphatic carbocycles. The smallest absolute Gasteiger partial charge is 0.163 e. The third-order valence-electron chi connectivity index (χ3n) is 2.80. The fourth-order valence-electron chi connectivity index (χ4n) is 1.89. The molecule has 0 aromatic rings. The van der Waals surface area contributed by atoms with E-state index < -0.39 is 5.79 Å². The predicted molar refractivity (Wildman–Crippen MR) is 49.8 cm³/mol. The lowest BCUT2D eigenvalue weighted by Gasteiger charge is -2.39. The Morgan fingerprint density at radius 3 is 2.64 bits per heavy atom. The molecular formula is C10H18O4. The molecule has 4 atom stereocenters. The third-order valence-corrected chi connectivity index (χ3v) is 2.80. The molecule has 2 saturated heterocycles. The predicted octanol–water partition coefficient (Wildman–Crippen LogP) is 0.534. The van der Waals surface area contributed by atoms with Crippen LogP contribution in [0.3, 0.4) is 0 Å². The summed E-state index contributed by atoms with van der Waals surface area (Å²) in [6.45, 7) is 6.66. The molecule has 1 N–H and O–H groups in total. The third kappa shape index (κ3) is 1.93. The number of epoxide rings is 1. The summed E-state index contributed by atoms with van der Waals surface area (Å²) in [5.74, 6) is -0.201. The number of ether oxygens (including phenoxy) is 3. The lowest BCUT2D eigenvalue weighted by atomic mass is 9.99. The summed E-state index contributed by atoms with van der Waals surface area (Å²) in [6.07, 6.45) is 0.0745. The number of aliphatic hydroxyl groups excluding tert-OH is 1. The second kappa shape index (κ2) is 3.45. The van der Waals surface area contributed by atoms with E-state index in [4.69, 9.17) is 19.3 Å². The molecular weight excluding hydrogens is 184 g/mol. The Hall–Kier alpha value is -0.160. The van der Waals surface area contributed by atoms with Gasteiger partial charge in [0.15, 0.2) is 5.79 Å². The van der Waals surface area contributed by atoms with E-state index >= 15 is 0 Å². The van der Waals surface area contributed by atoms with Crippen molar-refractivity contribution < 1.29 is 19.3 Å². The van der Waals surface area contributed by atoms with E-state index in [0.29, 0.717) is 12.5 Å². The molecule has 14 heavy (non-hydrogen) atoms. The second-order valence-electron chi connectivity index (χ2n) is 4.59. The highest BCUT2D eigenvalue weighted by Crippen LogP contribution is 2.36. The summed E-state index contributed by atoms with van der Waals surface area (Å²) in [5.41, 5.74) is 0. The second-order valence-corrected chi connectivity index (χ2v) is 4.59. The van der Waals surface area contributed by atoms with Gasteiger partial charge < -0.3 is 19.3 Å². The average Bonchev–Trinajstić information content (AvgIpc) is 2.88. The Labute approximate surface area is 84.1 Å². The van der Waals surface area contributed by atoms with Crippen molar-refractivity contribution in [1.29, 1.82) is 0 Å². The Balaban J connectivity index is 1.96. The summed E-state index contributed by atoms with van der Waals surface area (Å²) in [4.78, 5) is 0. The van der Waals surface area contributed by atoms with Crippen molar-refractivity contribution in [2.75, 3.05) is 13.2 Å². The van der Waals surface area contributed by atoms with E-state index in [9.17, 15) is 0 Å². The molecule has 0 saturated carbocycles. The molecule has 82 valence electrons. The van der Waals surface area contributed by atoms with Gasteiger partial charge >= 0.3 is 0 Å². The molecule has 0 aromatic heterocycles. The van der Waals surface area contributed by atoms with E-state index in [2.05, 4.69) is 6.92 Å². The van der Waals surface area contributed by atoms with Crippen molar-refractivity contribution in [3.8, 4) is 0 Å². The lowest BCUT2D eigenvalue weighted by molar-refractivity contribution is -0.293. The number of aliphatic hydroxyl groups is 1. The van der Waals surface area contributed by atoms with Crippen LogP contribution in [0.15, 0.2) is 0 Å². The van der Waals surface area contributed by atoms with E-state index in [-0.39, 0.29) is 24.9 Å². The van der Waals surface area contributed by atoms with Crippen LogP contribution in [-0.4, -0.2) is 42.4 Å². The largest absolute Gasteiger partial charge is 0.394 e. The van der Waals surface area contributed by atoms with Crippen molar-refractivity contribution in [3.05, 3.63) is 0 Å². The lowest BCUT2D eigenvalue weighted by Crippen LogP contribution is -2.47. The summed E-state index contributed by atoms with van der Waals surface area (Å²) in [7, 11) is 0. The first-order chi connectivity index (χ1) is 6.53. The van der Waals surface area contributed by atoms with Crippen molar-refractivity contribution in [3.63, 3.8) is 0 Å². The molecule has 0 radical (unpaired) electrons. The maximum Gasteiger partial charge on any atom is 0.163 e. The van der Waals surface area contributed by atoms with Gasteiger partial charge in [-0.1, -0.05) is 6.92 Å². The monoisotopic (exact) mass is 202 g/mol. The number of hydrogen-bond donors (Lipinski definition) is 1. The first-order valence-electron chi connectivity index (χ1n) is 5.11. The standard InChI is InChI=1S/C10H18O4/c1-6-5-12-10(2,3)14-8(6)9-7(4-11)13-9/h6-9,11H,4-5H2,1-3H3/t6-,7+,8-,9-/m1/s1. The molecule has 2 aliphatic rings. The quantitative estimate of drug-likeness (QED) is 0.664. The number of rotatable bonds is 2. The summed E-state index contributed by atoms with van der Waals surface area (Å²) >= 11 is 0. The van der Waals surface area contributed by atoms with Gasteiger partial charge in [-0.25, -0.2) is 0 Å². The molecule has 0 aromatic carbocycles. The van der Waals surface area contributed by atoms with Crippen molar-refractivity contribution in [2.24, 2.45) is 5.92 Å². The van der Waals surface area contributed by atoms with Gasteiger partial charge in [-0.05, 0) is 13.8 Å². The Morgan fingerprint density at radius 2 is 2.07 bits per heavy atom. The highest BCUT2D eigenvalue weighted by atomic mass is 16.7. The number of hydrogen-bond acceptors (Lipinski definition) is 4. The van der Waals surface area contributed by atoms with Crippen LogP contribution in [-0.2, 0) is 14.2 Å². The van der Waals surface area contributed by atoms with Crippen LogP contribution < -0.4 is 0 Å². The molecule has 2 fully saturated rings. The molecule has 4 heteroatoms. The average molecular weight is 202 g/mol. The first kappa shape index (κ1) is 10.4. The van der Waals surface area contributed by atoms with Crippen LogP contribution in [0.25, 0.3) is 0 Å². The summed E-state index contributed by atoms with van der Waals surface area (Å²) in [6, 6.07) is 0. The summed E-state index contributed by atoms with van der Waals surface area (Å²) in [5, 5.41) is 8.91. The van der Waals surface area contributed by atoms with Gasteiger partial charge in [0.25, 0.3) is 0 Å². The van der Waals surface area contributed by atoms with Gasteiger partial charge in [0.1, 0.15) is 12.2 Å². The molecule has 0 amide bonds. The van der Waals surface area contributed by atoms with E-state index in [1.807, 2.05) is 13.8 Å². The van der Waals surface area contributed by atoms with Crippen molar-refractivity contribution in [1.82, 2.24) is 0 Å². The molecule has 4 nitrogen and oxygen atoms in total. The van der Waals surface area contributed by atoms with Gasteiger partial charge in [0.05, 0.1) is 19.3 Å². The Morgan fingerprint density at radius 1 is 1.36 bits per heavy atom. The van der Waals surface area contributed by atoms with Crippen LogP contribution in [0.5, 0.6) is 0 Å². The maximum atomic E-state index is 8.91. The van der Waals surface area contributed by atoms with Crippen molar-refractivity contribution >= 4 is 0 Å². The fraction of sp³-hybridized carbons (Fsp3) is 1.00. The van der Waals surface area contributed by atoms with E-state index in [1.165, 1.54) is 0 Å². The topological polar surface area (TPSA) is 51.2 Å². The van der Waals surface area contributed by atoms with E-state index in [0.717, 1.165) is 0 Å². The van der Waals surface area contributed by atoms with E-state index in [1.54, 1.807) is 0 Å².